The predicted molar refractivity (Wildman–Crippen MR) is 105 cm³/mol. The van der Waals surface area contributed by atoms with E-state index >= 15 is 0 Å². The molecule has 0 spiro atoms. The van der Waals surface area contributed by atoms with Gasteiger partial charge in [0.1, 0.15) is 5.69 Å². The van der Waals surface area contributed by atoms with Crippen LogP contribution < -0.4 is 5.73 Å². The molecule has 1 aliphatic carbocycles. The largest absolute Gasteiger partial charge is 0.393 e. The lowest BCUT2D eigenvalue weighted by Crippen LogP contribution is -2.51. The Balaban J connectivity index is 1.47. The molecule has 6 nitrogen and oxygen atoms in total. The van der Waals surface area contributed by atoms with Gasteiger partial charge in [-0.05, 0) is 55.0 Å². The first kappa shape index (κ1) is 17.9. The van der Waals surface area contributed by atoms with Gasteiger partial charge in [0.05, 0.1) is 11.0 Å². The van der Waals surface area contributed by atoms with Crippen molar-refractivity contribution in [2.75, 3.05) is 18.8 Å². The van der Waals surface area contributed by atoms with E-state index in [1.807, 2.05) is 6.07 Å². The molecular weight excluding hydrogens is 342 g/mol. The summed E-state index contributed by atoms with van der Waals surface area (Å²) in [6, 6.07) is 14.0. The summed E-state index contributed by atoms with van der Waals surface area (Å²) in [4.78, 5) is 13.0. The average molecular weight is 367 g/mol. The predicted octanol–water partition coefficient (Wildman–Crippen LogP) is 2.88. The van der Waals surface area contributed by atoms with E-state index in [2.05, 4.69) is 29.2 Å². The number of rotatable bonds is 3. The monoisotopic (exact) mass is 367 g/mol. The lowest BCUT2D eigenvalue weighted by atomic mass is 9.82. The Labute approximate surface area is 158 Å². The SMILES string of the molecule is Nc1c([N+](=O)[O-])ccc2c1C[C@@H](O)[C@H](N1CCC(c3ccccc3)CC1)C2. The van der Waals surface area contributed by atoms with Gasteiger partial charge in [-0.1, -0.05) is 36.4 Å². The summed E-state index contributed by atoms with van der Waals surface area (Å²) >= 11 is 0. The number of piperidine rings is 1. The molecular formula is C21H25N3O3. The number of nitrogen functional groups attached to an aromatic ring is 1. The van der Waals surface area contributed by atoms with Crippen molar-refractivity contribution in [3.63, 3.8) is 0 Å². The highest BCUT2D eigenvalue weighted by molar-refractivity contribution is 5.66. The number of hydrogen-bond acceptors (Lipinski definition) is 5. The lowest BCUT2D eigenvalue weighted by Gasteiger charge is -2.42. The Kier molecular flexibility index (Phi) is 4.85. The number of nitro groups is 1. The molecule has 2 atom stereocenters. The summed E-state index contributed by atoms with van der Waals surface area (Å²) in [5, 5.41) is 21.8. The fourth-order valence-electron chi connectivity index (χ4n) is 4.66. The molecule has 1 heterocycles. The Hall–Kier alpha value is -2.44. The Morgan fingerprint density at radius 2 is 1.78 bits per heavy atom. The van der Waals surface area contributed by atoms with E-state index in [1.54, 1.807) is 6.07 Å². The summed E-state index contributed by atoms with van der Waals surface area (Å²) in [6.45, 7) is 1.91. The molecule has 4 rings (SSSR count). The number of nitrogens with two attached hydrogens (primary N) is 1. The van der Waals surface area contributed by atoms with Crippen molar-refractivity contribution in [2.24, 2.45) is 0 Å². The second-order valence-corrected chi connectivity index (χ2v) is 7.66. The number of aliphatic hydroxyl groups excluding tert-OH is 1. The minimum Gasteiger partial charge on any atom is -0.393 e. The van der Waals surface area contributed by atoms with E-state index in [4.69, 9.17) is 5.73 Å². The molecule has 0 radical (unpaired) electrons. The van der Waals surface area contributed by atoms with Gasteiger partial charge in [-0.25, -0.2) is 0 Å². The van der Waals surface area contributed by atoms with Crippen LogP contribution in [0.1, 0.15) is 35.4 Å². The minimum absolute atomic E-state index is 0.0510. The maximum absolute atomic E-state index is 11.1. The van der Waals surface area contributed by atoms with Gasteiger partial charge in [0.25, 0.3) is 5.69 Å². The number of aliphatic hydroxyl groups is 1. The molecule has 2 aliphatic rings. The Bertz CT molecular complexity index is 832. The quantitative estimate of drug-likeness (QED) is 0.494. The summed E-state index contributed by atoms with van der Waals surface area (Å²) in [6.07, 6.45) is 2.70. The van der Waals surface area contributed by atoms with Crippen molar-refractivity contribution in [1.29, 1.82) is 0 Å². The van der Waals surface area contributed by atoms with Crippen LogP contribution >= 0.6 is 0 Å². The van der Waals surface area contributed by atoms with Crippen molar-refractivity contribution in [2.45, 2.75) is 43.7 Å². The number of anilines is 1. The number of nitrogens with zero attached hydrogens (tertiary/aromatic N) is 2. The third-order valence-corrected chi connectivity index (χ3v) is 6.18. The lowest BCUT2D eigenvalue weighted by molar-refractivity contribution is -0.384. The molecule has 0 unspecified atom stereocenters. The zero-order valence-corrected chi connectivity index (χ0v) is 15.3. The molecule has 6 heteroatoms. The van der Waals surface area contributed by atoms with Crippen LogP contribution in [-0.2, 0) is 12.8 Å². The molecule has 0 saturated carbocycles. The number of benzene rings is 2. The second-order valence-electron chi connectivity index (χ2n) is 7.66. The van der Waals surface area contributed by atoms with E-state index < -0.39 is 11.0 Å². The van der Waals surface area contributed by atoms with Crippen LogP contribution in [0.15, 0.2) is 42.5 Å². The van der Waals surface area contributed by atoms with E-state index in [0.29, 0.717) is 18.8 Å². The van der Waals surface area contributed by atoms with Crippen molar-refractivity contribution in [3.8, 4) is 0 Å². The normalized spacial score (nSPS) is 23.7. The second kappa shape index (κ2) is 7.29. The molecule has 142 valence electrons. The molecule has 2 aromatic carbocycles. The van der Waals surface area contributed by atoms with Crippen LogP contribution in [0.2, 0.25) is 0 Å². The van der Waals surface area contributed by atoms with Crippen LogP contribution in [0, 0.1) is 10.1 Å². The average Bonchev–Trinajstić information content (AvgIpc) is 2.69. The summed E-state index contributed by atoms with van der Waals surface area (Å²) in [5.74, 6) is 0.578. The number of hydrogen-bond donors (Lipinski definition) is 2. The number of nitro benzene ring substituents is 1. The van der Waals surface area contributed by atoms with Gasteiger partial charge in [-0.15, -0.1) is 0 Å². The highest BCUT2D eigenvalue weighted by atomic mass is 16.6. The van der Waals surface area contributed by atoms with Gasteiger partial charge in [-0.2, -0.15) is 0 Å². The zero-order chi connectivity index (χ0) is 19.0. The molecule has 1 aliphatic heterocycles. The standard InChI is InChI=1S/C21H25N3O3/c22-21-17-13-20(25)19(12-16(17)6-7-18(21)24(26)27)23-10-8-15(9-11-23)14-4-2-1-3-5-14/h1-7,15,19-20,25H,8-13,22H2/t19-,20-/m1/s1. The zero-order valence-electron chi connectivity index (χ0n) is 15.3. The number of fused-ring (bicyclic) bond motifs is 1. The van der Waals surface area contributed by atoms with Crippen LogP contribution in [0.25, 0.3) is 0 Å². The first-order valence-electron chi connectivity index (χ1n) is 9.56. The Morgan fingerprint density at radius 3 is 2.44 bits per heavy atom. The maximum Gasteiger partial charge on any atom is 0.292 e. The summed E-state index contributed by atoms with van der Waals surface area (Å²) < 4.78 is 0. The third-order valence-electron chi connectivity index (χ3n) is 6.18. The van der Waals surface area contributed by atoms with Crippen LogP contribution in [0.3, 0.4) is 0 Å². The van der Waals surface area contributed by atoms with E-state index in [-0.39, 0.29) is 17.4 Å². The Morgan fingerprint density at radius 1 is 1.07 bits per heavy atom. The van der Waals surface area contributed by atoms with Crippen molar-refractivity contribution in [1.82, 2.24) is 4.90 Å². The van der Waals surface area contributed by atoms with Crippen molar-refractivity contribution < 1.29 is 10.0 Å². The van der Waals surface area contributed by atoms with Gasteiger partial charge < -0.3 is 10.8 Å². The van der Waals surface area contributed by atoms with Gasteiger partial charge in [0, 0.05) is 18.5 Å². The van der Waals surface area contributed by atoms with E-state index in [1.165, 1.54) is 11.6 Å². The molecule has 0 aromatic heterocycles. The highest BCUT2D eigenvalue weighted by Crippen LogP contribution is 2.36. The maximum atomic E-state index is 11.1. The van der Waals surface area contributed by atoms with Gasteiger partial charge in [0.15, 0.2) is 0 Å². The molecule has 1 saturated heterocycles. The number of likely N-dealkylation sites (tertiary alicyclic amines) is 1. The van der Waals surface area contributed by atoms with E-state index in [9.17, 15) is 15.2 Å². The van der Waals surface area contributed by atoms with Crippen LogP contribution in [0.4, 0.5) is 11.4 Å². The smallest absolute Gasteiger partial charge is 0.292 e. The van der Waals surface area contributed by atoms with E-state index in [0.717, 1.165) is 37.1 Å². The molecule has 0 amide bonds. The molecule has 0 bridgehead atoms. The van der Waals surface area contributed by atoms with Gasteiger partial charge in [-0.3, -0.25) is 15.0 Å². The summed E-state index contributed by atoms with van der Waals surface area (Å²) in [7, 11) is 0. The third kappa shape index (κ3) is 3.42. The summed E-state index contributed by atoms with van der Waals surface area (Å²) in [5.41, 5.74) is 9.31. The minimum atomic E-state index is -0.546. The fraction of sp³-hybridized carbons (Fsp3) is 0.429. The van der Waals surface area contributed by atoms with Crippen LogP contribution in [-0.4, -0.2) is 40.2 Å². The van der Waals surface area contributed by atoms with Crippen molar-refractivity contribution in [3.05, 3.63) is 69.3 Å². The van der Waals surface area contributed by atoms with Crippen LogP contribution in [0.5, 0.6) is 0 Å². The molecule has 1 fully saturated rings. The van der Waals surface area contributed by atoms with Crippen molar-refractivity contribution >= 4 is 11.4 Å². The first-order valence-corrected chi connectivity index (χ1v) is 9.56. The highest BCUT2D eigenvalue weighted by Gasteiger charge is 2.35. The first-order chi connectivity index (χ1) is 13.0. The fourth-order valence-corrected chi connectivity index (χ4v) is 4.66. The van der Waals surface area contributed by atoms with Gasteiger partial charge >= 0.3 is 0 Å². The topological polar surface area (TPSA) is 92.6 Å². The van der Waals surface area contributed by atoms with Gasteiger partial charge in [0.2, 0.25) is 0 Å². The molecule has 2 aromatic rings. The molecule has 27 heavy (non-hydrogen) atoms. The molecule has 3 N–H and O–H groups in total.